The Morgan fingerprint density at radius 3 is 2.13 bits per heavy atom. The molecule has 88 valence electrons. The highest BCUT2D eigenvalue weighted by Crippen LogP contribution is 2.10. The topological polar surface area (TPSA) is 38.3 Å². The van der Waals surface area contributed by atoms with Gasteiger partial charge in [-0.05, 0) is 40.4 Å². The molecule has 0 aliphatic heterocycles. The summed E-state index contributed by atoms with van der Waals surface area (Å²) in [5.41, 5.74) is 0.530. The van der Waals surface area contributed by atoms with Crippen molar-refractivity contribution < 1.29 is 9.22 Å². The Morgan fingerprint density at radius 1 is 1.33 bits per heavy atom. The van der Waals surface area contributed by atoms with Crippen molar-refractivity contribution in [1.82, 2.24) is 5.32 Å². The van der Waals surface area contributed by atoms with Crippen LogP contribution in [0.3, 0.4) is 0 Å². The monoisotopic (exact) mass is 229 g/mol. The highest BCUT2D eigenvalue weighted by atomic mass is 28.4. The van der Waals surface area contributed by atoms with E-state index < -0.39 is 8.32 Å². The van der Waals surface area contributed by atoms with Crippen molar-refractivity contribution in [1.29, 1.82) is 0 Å². The molecule has 0 aliphatic rings. The third kappa shape index (κ3) is 6.46. The molecular weight excluding hydrogens is 206 g/mol. The largest absolute Gasteiger partial charge is 0.413 e. The molecular formula is C11H23NO2Si. The van der Waals surface area contributed by atoms with E-state index in [1.807, 2.05) is 13.8 Å². The van der Waals surface area contributed by atoms with Crippen LogP contribution in [-0.4, -0.2) is 26.4 Å². The van der Waals surface area contributed by atoms with Crippen LogP contribution >= 0.6 is 0 Å². The number of amides is 1. The van der Waals surface area contributed by atoms with Gasteiger partial charge in [-0.25, -0.2) is 0 Å². The highest BCUT2D eigenvalue weighted by Gasteiger charge is 2.22. The van der Waals surface area contributed by atoms with Gasteiger partial charge in [-0.2, -0.15) is 0 Å². The second kappa shape index (κ2) is 5.46. The van der Waals surface area contributed by atoms with Crippen molar-refractivity contribution in [2.24, 2.45) is 0 Å². The van der Waals surface area contributed by atoms with Gasteiger partial charge in [0.2, 0.25) is 5.91 Å². The fourth-order valence-corrected chi connectivity index (χ4v) is 2.43. The van der Waals surface area contributed by atoms with E-state index in [1.54, 1.807) is 6.92 Å². The first-order valence-corrected chi connectivity index (χ1v) is 8.68. The van der Waals surface area contributed by atoms with Gasteiger partial charge in [-0.1, -0.05) is 6.58 Å². The van der Waals surface area contributed by atoms with Gasteiger partial charge in [-0.15, -0.1) is 0 Å². The minimum absolute atomic E-state index is 0.0147. The number of nitrogens with one attached hydrogen (secondary N) is 1. The van der Waals surface area contributed by atoms with Crippen molar-refractivity contribution in [2.45, 2.75) is 52.6 Å². The van der Waals surface area contributed by atoms with E-state index in [4.69, 9.17) is 4.43 Å². The molecule has 0 aromatic heterocycles. The molecule has 0 fully saturated rings. The zero-order valence-electron chi connectivity index (χ0n) is 10.7. The molecule has 3 nitrogen and oxygen atoms in total. The summed E-state index contributed by atoms with van der Waals surface area (Å²) in [5.74, 6) is -0.103. The molecule has 1 amide bonds. The zero-order valence-corrected chi connectivity index (χ0v) is 11.7. The lowest BCUT2D eigenvalue weighted by molar-refractivity contribution is -0.118. The molecule has 2 unspecified atom stereocenters. The summed E-state index contributed by atoms with van der Waals surface area (Å²) in [6.45, 7) is 15.6. The second-order valence-electron chi connectivity index (χ2n) is 4.98. The highest BCUT2D eigenvalue weighted by molar-refractivity contribution is 6.69. The first kappa shape index (κ1) is 14.4. The van der Waals surface area contributed by atoms with Crippen molar-refractivity contribution in [3.8, 4) is 0 Å². The Hall–Kier alpha value is -0.613. The van der Waals surface area contributed by atoms with Crippen molar-refractivity contribution in [3.05, 3.63) is 12.2 Å². The molecule has 15 heavy (non-hydrogen) atoms. The van der Waals surface area contributed by atoms with Gasteiger partial charge in [0.05, 0.1) is 12.1 Å². The van der Waals surface area contributed by atoms with Crippen LogP contribution in [0.5, 0.6) is 0 Å². The summed E-state index contributed by atoms with van der Waals surface area (Å²) in [7, 11) is -1.54. The molecule has 0 bridgehead atoms. The van der Waals surface area contributed by atoms with Crippen LogP contribution in [0, 0.1) is 0 Å². The molecule has 0 aromatic carbocycles. The van der Waals surface area contributed by atoms with Gasteiger partial charge >= 0.3 is 0 Å². The van der Waals surface area contributed by atoms with E-state index >= 15 is 0 Å². The summed E-state index contributed by atoms with van der Waals surface area (Å²) < 4.78 is 5.87. The van der Waals surface area contributed by atoms with Crippen molar-refractivity contribution >= 4 is 14.2 Å². The van der Waals surface area contributed by atoms with Crippen LogP contribution < -0.4 is 5.32 Å². The molecule has 1 N–H and O–H groups in total. The van der Waals surface area contributed by atoms with Crippen LogP contribution in [0.2, 0.25) is 19.6 Å². The Morgan fingerprint density at radius 2 is 1.80 bits per heavy atom. The van der Waals surface area contributed by atoms with E-state index in [-0.39, 0.29) is 18.1 Å². The lowest BCUT2D eigenvalue weighted by Crippen LogP contribution is -2.45. The molecule has 4 heteroatoms. The van der Waals surface area contributed by atoms with E-state index in [1.165, 1.54) is 0 Å². The number of hydrogen-bond donors (Lipinski definition) is 1. The fraction of sp³-hybridized carbons (Fsp3) is 0.727. The van der Waals surface area contributed by atoms with Crippen molar-refractivity contribution in [3.63, 3.8) is 0 Å². The predicted molar refractivity (Wildman–Crippen MR) is 66.3 cm³/mol. The van der Waals surface area contributed by atoms with Gasteiger partial charge in [0.1, 0.15) is 0 Å². The minimum Gasteiger partial charge on any atom is -0.413 e. The van der Waals surface area contributed by atoms with Crippen LogP contribution in [0.1, 0.15) is 20.8 Å². The van der Waals surface area contributed by atoms with Gasteiger partial charge in [-0.3, -0.25) is 4.79 Å². The van der Waals surface area contributed by atoms with Crippen LogP contribution in [0.4, 0.5) is 0 Å². The van der Waals surface area contributed by atoms with Gasteiger partial charge in [0.15, 0.2) is 8.32 Å². The molecule has 0 aliphatic carbocycles. The van der Waals surface area contributed by atoms with Crippen LogP contribution in [0.25, 0.3) is 0 Å². The summed E-state index contributed by atoms with van der Waals surface area (Å²) in [6.07, 6.45) is 0.0416. The lowest BCUT2D eigenvalue weighted by atomic mass is 10.2. The maximum absolute atomic E-state index is 11.4. The molecule has 0 radical (unpaired) electrons. The normalized spacial score (nSPS) is 15.6. The maximum Gasteiger partial charge on any atom is 0.246 e. The van der Waals surface area contributed by atoms with E-state index in [9.17, 15) is 4.79 Å². The lowest BCUT2D eigenvalue weighted by Gasteiger charge is -2.28. The molecule has 0 rings (SSSR count). The van der Waals surface area contributed by atoms with E-state index in [0.717, 1.165) is 0 Å². The average molecular weight is 229 g/mol. The van der Waals surface area contributed by atoms with Gasteiger partial charge in [0.25, 0.3) is 0 Å². The quantitative estimate of drug-likeness (QED) is 0.580. The fourth-order valence-electron chi connectivity index (χ4n) is 1.11. The third-order valence-corrected chi connectivity index (χ3v) is 3.07. The first-order chi connectivity index (χ1) is 6.63. The summed E-state index contributed by atoms with van der Waals surface area (Å²) >= 11 is 0. The smallest absolute Gasteiger partial charge is 0.246 e. The predicted octanol–water partition coefficient (Wildman–Crippen LogP) is 2.31. The molecule has 0 spiro atoms. The van der Waals surface area contributed by atoms with Crippen LogP contribution in [0.15, 0.2) is 12.2 Å². The van der Waals surface area contributed by atoms with Crippen LogP contribution in [-0.2, 0) is 9.22 Å². The summed E-state index contributed by atoms with van der Waals surface area (Å²) in [5, 5.41) is 2.86. The van der Waals surface area contributed by atoms with E-state index in [2.05, 4.69) is 31.5 Å². The summed E-state index contributed by atoms with van der Waals surface area (Å²) in [6, 6.07) is 0.0147. The number of hydrogen-bond acceptors (Lipinski definition) is 2. The Kier molecular flexibility index (Phi) is 5.24. The molecule has 0 saturated heterocycles. The van der Waals surface area contributed by atoms with E-state index in [0.29, 0.717) is 5.57 Å². The Bertz CT molecular complexity index is 245. The third-order valence-electron chi connectivity index (χ3n) is 1.99. The van der Waals surface area contributed by atoms with Gasteiger partial charge in [0, 0.05) is 5.57 Å². The zero-order chi connectivity index (χ0) is 12.2. The summed E-state index contributed by atoms with van der Waals surface area (Å²) in [4.78, 5) is 11.4. The molecule has 0 heterocycles. The number of carbonyl (C=O) groups excluding carboxylic acids is 1. The first-order valence-electron chi connectivity index (χ1n) is 5.27. The molecule has 0 aromatic rings. The average Bonchev–Trinajstić information content (AvgIpc) is 2.00. The standard InChI is InChI=1S/C11H23NO2Si/c1-8(2)11(13)12-9(3)10(4)14-15(5,6)7/h9-10H,1H2,2-7H3,(H,12,13). The number of carbonyl (C=O) groups is 1. The molecule has 2 atom stereocenters. The molecule has 0 saturated carbocycles. The maximum atomic E-state index is 11.4. The minimum atomic E-state index is -1.54. The Balaban J connectivity index is 4.16. The number of rotatable bonds is 5. The van der Waals surface area contributed by atoms with Gasteiger partial charge < -0.3 is 9.74 Å². The Labute approximate surface area is 94.0 Å². The van der Waals surface area contributed by atoms with Crippen molar-refractivity contribution in [2.75, 3.05) is 0 Å². The SMILES string of the molecule is C=C(C)C(=O)NC(C)C(C)O[Si](C)(C)C. The second-order valence-corrected chi connectivity index (χ2v) is 9.44.